The first kappa shape index (κ1) is 41.0. The van der Waals surface area contributed by atoms with Crippen LogP contribution in [-0.4, -0.2) is 19.9 Å². The number of anilines is 12. The number of para-hydroxylation sites is 8. The van der Waals surface area contributed by atoms with Gasteiger partial charge in [-0.25, -0.2) is 9.97 Å². The SMILES string of the molecule is c1ccc(N(c2ccccc2)c2ccc3c(c2)Oc2ccccc2N3c2ccc3c4nccnc4c4ccc(N5c6ccccc6Oc6cc(N(c7ccccc7)c7ccccc7)ccc65)nc4c3n2)cc1. The van der Waals surface area contributed by atoms with Gasteiger partial charge < -0.3 is 19.3 Å². The average Bonchev–Trinajstić information content (AvgIpc) is 3.45. The second-order valence-corrected chi connectivity index (χ2v) is 17.5. The van der Waals surface area contributed by atoms with E-state index in [1.807, 2.05) is 72.8 Å². The number of hydrogen-bond acceptors (Lipinski definition) is 10. The fourth-order valence-corrected chi connectivity index (χ4v) is 10.1. The molecule has 5 heterocycles. The molecule has 0 saturated heterocycles. The standard InChI is InChI=1S/C62H40N8O2/c1-5-17-41(18-6-1)67(42-19-7-2-8-20-42)45-29-33-51-55(39-45)71-53-27-15-13-25-49(53)69(51)57-35-31-47-59-60(64-38-37-63-59)48-32-36-58(66-62(48)61(47)65-57)70-50-26-14-16-28-54(50)72-56-40-46(30-34-52(56)70)68(43-21-9-3-10-22-43)44-23-11-4-12-24-44/h1-40H. The number of pyridine rings is 2. The van der Waals surface area contributed by atoms with Gasteiger partial charge in [0.25, 0.3) is 0 Å². The Bertz CT molecular complexity index is 3690. The summed E-state index contributed by atoms with van der Waals surface area (Å²) in [6.45, 7) is 0. The highest BCUT2D eigenvalue weighted by atomic mass is 16.5. The molecule has 0 aliphatic carbocycles. The third kappa shape index (κ3) is 6.80. The van der Waals surface area contributed by atoms with Gasteiger partial charge >= 0.3 is 0 Å². The Kier molecular flexibility index (Phi) is 9.59. The van der Waals surface area contributed by atoms with Gasteiger partial charge in [-0.2, -0.15) is 0 Å². The van der Waals surface area contributed by atoms with E-state index in [1.165, 1.54) is 0 Å². The minimum Gasteiger partial charge on any atom is -0.453 e. The van der Waals surface area contributed by atoms with Crippen molar-refractivity contribution in [3.05, 3.63) is 243 Å². The summed E-state index contributed by atoms with van der Waals surface area (Å²) in [5, 5.41) is 1.68. The molecule has 340 valence electrons. The van der Waals surface area contributed by atoms with Crippen LogP contribution < -0.4 is 29.1 Å². The van der Waals surface area contributed by atoms with Crippen molar-refractivity contribution in [3.63, 3.8) is 0 Å². The lowest BCUT2D eigenvalue weighted by atomic mass is 10.1. The monoisotopic (exact) mass is 928 g/mol. The highest BCUT2D eigenvalue weighted by Gasteiger charge is 2.31. The fourth-order valence-electron chi connectivity index (χ4n) is 10.1. The number of hydrogen-bond donors (Lipinski definition) is 0. The lowest BCUT2D eigenvalue weighted by Gasteiger charge is -2.34. The molecule has 0 unspecified atom stereocenters. The van der Waals surface area contributed by atoms with Crippen LogP contribution in [0.25, 0.3) is 32.8 Å². The minimum absolute atomic E-state index is 0.692. The maximum Gasteiger partial charge on any atom is 0.153 e. The van der Waals surface area contributed by atoms with Crippen LogP contribution in [0.15, 0.2) is 243 Å². The average molecular weight is 929 g/mol. The number of ether oxygens (including phenoxy) is 2. The molecule has 0 atom stereocenters. The topological polar surface area (TPSA) is 83.0 Å². The van der Waals surface area contributed by atoms with E-state index in [2.05, 4.69) is 177 Å². The van der Waals surface area contributed by atoms with E-state index in [4.69, 9.17) is 29.4 Å². The molecule has 2 aliphatic rings. The van der Waals surface area contributed by atoms with Crippen molar-refractivity contribution in [3.8, 4) is 23.0 Å². The molecule has 0 radical (unpaired) electrons. The smallest absolute Gasteiger partial charge is 0.153 e. The van der Waals surface area contributed by atoms with E-state index in [0.717, 1.165) is 78.7 Å². The highest BCUT2D eigenvalue weighted by molar-refractivity contribution is 6.21. The predicted octanol–water partition coefficient (Wildman–Crippen LogP) is 16.8. The molecular formula is C62H40N8O2. The molecule has 2 aliphatic heterocycles. The van der Waals surface area contributed by atoms with Crippen LogP contribution in [-0.2, 0) is 0 Å². The molecule has 0 saturated carbocycles. The van der Waals surface area contributed by atoms with Gasteiger partial charge in [0.1, 0.15) is 22.7 Å². The molecule has 9 aromatic carbocycles. The van der Waals surface area contributed by atoms with Gasteiger partial charge in [-0.3, -0.25) is 19.8 Å². The van der Waals surface area contributed by atoms with Crippen LogP contribution in [0.3, 0.4) is 0 Å². The van der Waals surface area contributed by atoms with E-state index in [-0.39, 0.29) is 0 Å². The van der Waals surface area contributed by atoms with Crippen molar-refractivity contribution in [1.82, 2.24) is 19.9 Å². The van der Waals surface area contributed by atoms with E-state index in [9.17, 15) is 0 Å². The Hall–Kier alpha value is -10.1. The van der Waals surface area contributed by atoms with Gasteiger partial charge in [0.15, 0.2) is 23.0 Å². The first-order valence-corrected chi connectivity index (χ1v) is 23.8. The quantitative estimate of drug-likeness (QED) is 0.137. The summed E-state index contributed by atoms with van der Waals surface area (Å²) in [7, 11) is 0. The van der Waals surface area contributed by atoms with E-state index in [0.29, 0.717) is 45.7 Å². The third-order valence-electron chi connectivity index (χ3n) is 13.2. The summed E-state index contributed by atoms with van der Waals surface area (Å²) >= 11 is 0. The highest BCUT2D eigenvalue weighted by Crippen LogP contribution is 2.54. The Morgan fingerprint density at radius 1 is 0.292 bits per heavy atom. The summed E-state index contributed by atoms with van der Waals surface area (Å²) in [4.78, 5) is 29.7. The zero-order chi connectivity index (χ0) is 47.5. The van der Waals surface area contributed by atoms with Gasteiger partial charge in [-0.1, -0.05) is 97.1 Å². The molecule has 14 rings (SSSR count). The zero-order valence-corrected chi connectivity index (χ0v) is 38.5. The fraction of sp³-hybridized carbons (Fsp3) is 0. The maximum absolute atomic E-state index is 6.77. The lowest BCUT2D eigenvalue weighted by molar-refractivity contribution is 0.476. The van der Waals surface area contributed by atoms with Gasteiger partial charge in [0, 0.05) is 69.4 Å². The summed E-state index contributed by atoms with van der Waals surface area (Å²) in [6, 6.07) is 78.7. The number of nitrogens with zero attached hydrogens (tertiary/aromatic N) is 8. The molecule has 3 aromatic heterocycles. The second kappa shape index (κ2) is 16.9. The zero-order valence-electron chi connectivity index (χ0n) is 38.5. The Balaban J connectivity index is 0.931. The van der Waals surface area contributed by atoms with Crippen molar-refractivity contribution in [2.45, 2.75) is 0 Å². The Morgan fingerprint density at radius 3 is 1.03 bits per heavy atom. The number of fused-ring (bicyclic) bond motifs is 10. The van der Waals surface area contributed by atoms with Gasteiger partial charge in [-0.15, -0.1) is 0 Å². The van der Waals surface area contributed by atoms with Crippen molar-refractivity contribution in [2.24, 2.45) is 0 Å². The van der Waals surface area contributed by atoms with Gasteiger partial charge in [0.2, 0.25) is 0 Å². The molecule has 10 heteroatoms. The maximum atomic E-state index is 6.77. The van der Waals surface area contributed by atoms with Crippen LogP contribution in [0.1, 0.15) is 0 Å². The molecule has 0 bridgehead atoms. The van der Waals surface area contributed by atoms with E-state index >= 15 is 0 Å². The van der Waals surface area contributed by atoms with Crippen molar-refractivity contribution in [1.29, 1.82) is 0 Å². The third-order valence-corrected chi connectivity index (χ3v) is 13.2. The molecule has 72 heavy (non-hydrogen) atoms. The molecule has 0 amide bonds. The number of aromatic nitrogens is 4. The normalized spacial score (nSPS) is 12.3. The van der Waals surface area contributed by atoms with Gasteiger partial charge in [-0.05, 0) is 121 Å². The first-order valence-electron chi connectivity index (χ1n) is 23.8. The molecule has 0 N–H and O–H groups in total. The molecule has 0 spiro atoms. The lowest BCUT2D eigenvalue weighted by Crippen LogP contribution is -2.18. The minimum atomic E-state index is 0.692. The van der Waals surface area contributed by atoms with Crippen LogP contribution in [0.5, 0.6) is 23.0 Å². The number of rotatable bonds is 8. The Morgan fingerprint density at radius 2 is 0.639 bits per heavy atom. The molecular weight excluding hydrogens is 889 g/mol. The van der Waals surface area contributed by atoms with Crippen LogP contribution in [0, 0.1) is 0 Å². The number of benzene rings is 9. The summed E-state index contributed by atoms with van der Waals surface area (Å²) < 4.78 is 13.5. The van der Waals surface area contributed by atoms with Crippen LogP contribution >= 0.6 is 0 Å². The molecule has 10 nitrogen and oxygen atoms in total. The summed E-state index contributed by atoms with van der Waals surface area (Å²) in [5.74, 6) is 4.22. The van der Waals surface area contributed by atoms with Crippen molar-refractivity contribution >= 4 is 101 Å². The first-order chi connectivity index (χ1) is 35.7. The van der Waals surface area contributed by atoms with E-state index < -0.39 is 0 Å². The van der Waals surface area contributed by atoms with Crippen LogP contribution in [0.4, 0.5) is 68.5 Å². The largest absolute Gasteiger partial charge is 0.453 e. The van der Waals surface area contributed by atoms with Crippen molar-refractivity contribution < 1.29 is 9.47 Å². The summed E-state index contributed by atoms with van der Waals surface area (Å²) in [5.41, 5.74) is 12.4. The molecule has 0 fully saturated rings. The van der Waals surface area contributed by atoms with Gasteiger partial charge in [0.05, 0.1) is 33.8 Å². The van der Waals surface area contributed by atoms with E-state index in [1.54, 1.807) is 12.4 Å². The van der Waals surface area contributed by atoms with Crippen LogP contribution in [0.2, 0.25) is 0 Å². The predicted molar refractivity (Wildman–Crippen MR) is 289 cm³/mol. The second-order valence-electron chi connectivity index (χ2n) is 17.5. The molecule has 12 aromatic rings. The Labute approximate surface area is 414 Å². The summed E-state index contributed by atoms with van der Waals surface area (Å²) in [6.07, 6.45) is 3.46. The van der Waals surface area contributed by atoms with Crippen molar-refractivity contribution in [2.75, 3.05) is 19.6 Å².